The molecule has 0 saturated heterocycles. The fourth-order valence-electron chi connectivity index (χ4n) is 2.92. The van der Waals surface area contributed by atoms with Gasteiger partial charge >= 0.3 is 12.1 Å². The van der Waals surface area contributed by atoms with E-state index in [2.05, 4.69) is 39.8 Å². The Morgan fingerprint density at radius 1 is 1.15 bits per heavy atom. The average Bonchev–Trinajstić information content (AvgIpc) is 3.41. The number of thiophene rings is 1. The van der Waals surface area contributed by atoms with E-state index in [4.69, 9.17) is 9.90 Å². The molecule has 3 rings (SSSR count). The molecule has 0 aliphatic heterocycles. The summed E-state index contributed by atoms with van der Waals surface area (Å²) in [6.07, 6.45) is -2.47. The van der Waals surface area contributed by atoms with E-state index in [-0.39, 0.29) is 10.1 Å². The molecule has 0 radical (unpaired) electrons. The Balaban J connectivity index is 0.000000509. The first-order valence-corrected chi connectivity index (χ1v) is 13.2. The van der Waals surface area contributed by atoms with Crippen LogP contribution in [-0.2, 0) is 25.0 Å². The number of carboxylic acid groups (broad SMARTS) is 1. The molecule has 2 aromatic rings. The van der Waals surface area contributed by atoms with Crippen molar-refractivity contribution in [1.29, 1.82) is 0 Å². The number of hydrogen-bond donors (Lipinski definition) is 3. The number of sulfonamides is 1. The lowest BCUT2D eigenvalue weighted by molar-refractivity contribution is -0.192. The lowest BCUT2D eigenvalue weighted by Crippen LogP contribution is -2.35. The summed E-state index contributed by atoms with van der Waals surface area (Å²) in [5, 5.41) is 10.2. The number of amides is 1. The lowest BCUT2D eigenvalue weighted by atomic mass is 9.94. The minimum atomic E-state index is -5.08. The van der Waals surface area contributed by atoms with Crippen LogP contribution in [0.2, 0.25) is 0 Å². The third-order valence-corrected chi connectivity index (χ3v) is 8.43. The number of carboxylic acids is 1. The Morgan fingerprint density at radius 2 is 1.71 bits per heavy atom. The summed E-state index contributed by atoms with van der Waals surface area (Å²) < 4.78 is 60.1. The van der Waals surface area contributed by atoms with Crippen molar-refractivity contribution in [2.24, 2.45) is 5.92 Å². The molecule has 188 valence electrons. The second-order valence-electron chi connectivity index (χ2n) is 8.06. The molecule has 13 heteroatoms. The zero-order valence-corrected chi connectivity index (χ0v) is 21.5. The topological polar surface area (TPSA) is 113 Å². The number of hydrogen-bond acceptors (Lipinski definition) is 5. The molecule has 0 bridgehead atoms. The van der Waals surface area contributed by atoms with Crippen molar-refractivity contribution in [2.45, 2.75) is 48.9 Å². The molecule has 1 aliphatic rings. The van der Waals surface area contributed by atoms with Gasteiger partial charge in [0.1, 0.15) is 4.21 Å². The quantitative estimate of drug-likeness (QED) is 0.398. The van der Waals surface area contributed by atoms with E-state index in [9.17, 15) is 26.4 Å². The predicted octanol–water partition coefficient (Wildman–Crippen LogP) is 5.14. The highest BCUT2D eigenvalue weighted by atomic mass is 79.9. The van der Waals surface area contributed by atoms with E-state index in [0.29, 0.717) is 18.2 Å². The maximum absolute atomic E-state index is 12.6. The molecule has 0 unspecified atom stereocenters. The average molecular weight is 585 g/mol. The highest BCUT2D eigenvalue weighted by molar-refractivity contribution is 9.11. The first-order valence-electron chi connectivity index (χ1n) is 10.1. The van der Waals surface area contributed by atoms with Gasteiger partial charge in [-0.15, -0.1) is 11.3 Å². The van der Waals surface area contributed by atoms with Crippen molar-refractivity contribution in [3.63, 3.8) is 0 Å². The van der Waals surface area contributed by atoms with Crippen LogP contribution in [0, 0.1) is 5.92 Å². The fourth-order valence-corrected chi connectivity index (χ4v) is 5.99. The van der Waals surface area contributed by atoms with E-state index in [1.54, 1.807) is 24.3 Å². The third-order valence-electron chi connectivity index (χ3n) is 4.94. The second-order valence-corrected chi connectivity index (χ2v) is 12.4. The number of rotatable bonds is 8. The molecular formula is C21H24BrF3N2O5S2. The number of nitrogens with one attached hydrogen (secondary N) is 2. The zero-order valence-electron chi connectivity index (χ0n) is 18.3. The van der Waals surface area contributed by atoms with Gasteiger partial charge in [0.2, 0.25) is 5.91 Å². The minimum absolute atomic E-state index is 0.0694. The lowest BCUT2D eigenvalue weighted by Gasteiger charge is -2.17. The number of anilines is 1. The Bertz CT molecular complexity index is 1110. The summed E-state index contributed by atoms with van der Waals surface area (Å²) >= 11 is 4.43. The summed E-state index contributed by atoms with van der Waals surface area (Å²) in [5.41, 5.74) is 0.971. The Kier molecular flexibility index (Phi) is 9.16. The van der Waals surface area contributed by atoms with Gasteiger partial charge in [0, 0.05) is 12.2 Å². The van der Waals surface area contributed by atoms with Crippen molar-refractivity contribution in [1.82, 2.24) is 5.32 Å². The standard InChI is InChI=1S/C19H23BrN2O3S2.C2HF3O2/c1-13(2)9-12-21-18(23)19(10-11-19)14-3-5-15(6-4-14)22-27(24,25)17-8-7-16(20)26-17;3-2(4,5)1(6)7/h3-8,13,22H,9-12H2,1-2H3,(H,21,23);(H,6,7). The van der Waals surface area contributed by atoms with Crippen LogP contribution in [0.4, 0.5) is 18.9 Å². The molecule has 1 heterocycles. The predicted molar refractivity (Wildman–Crippen MR) is 126 cm³/mol. The van der Waals surface area contributed by atoms with Crippen LogP contribution in [0.15, 0.2) is 44.4 Å². The van der Waals surface area contributed by atoms with Crippen LogP contribution < -0.4 is 10.0 Å². The van der Waals surface area contributed by atoms with Gasteiger partial charge in [-0.3, -0.25) is 9.52 Å². The van der Waals surface area contributed by atoms with Gasteiger partial charge in [-0.05, 0) is 70.9 Å². The summed E-state index contributed by atoms with van der Waals surface area (Å²) in [6.45, 7) is 4.95. The Morgan fingerprint density at radius 3 is 2.12 bits per heavy atom. The molecule has 7 nitrogen and oxygen atoms in total. The van der Waals surface area contributed by atoms with E-state index in [1.165, 1.54) is 0 Å². The maximum Gasteiger partial charge on any atom is 0.490 e. The van der Waals surface area contributed by atoms with Gasteiger partial charge in [0.05, 0.1) is 9.20 Å². The molecule has 1 aliphatic carbocycles. The Labute approximate surface area is 207 Å². The smallest absolute Gasteiger partial charge is 0.475 e. The number of halogens is 4. The normalized spacial score (nSPS) is 14.7. The highest BCUT2D eigenvalue weighted by Crippen LogP contribution is 2.48. The van der Waals surface area contributed by atoms with Gasteiger partial charge in [0.25, 0.3) is 10.0 Å². The van der Waals surface area contributed by atoms with Crippen molar-refractivity contribution in [3.05, 3.63) is 45.7 Å². The van der Waals surface area contributed by atoms with Crippen molar-refractivity contribution < 1.29 is 36.3 Å². The maximum atomic E-state index is 12.6. The Hall–Kier alpha value is -2.12. The highest BCUT2D eigenvalue weighted by Gasteiger charge is 2.51. The van der Waals surface area contributed by atoms with E-state index < -0.39 is 27.6 Å². The molecule has 1 amide bonds. The first-order chi connectivity index (χ1) is 15.7. The van der Waals surface area contributed by atoms with Gasteiger partial charge in [-0.1, -0.05) is 26.0 Å². The molecule has 1 aromatic heterocycles. The van der Waals surface area contributed by atoms with Crippen molar-refractivity contribution in [3.8, 4) is 0 Å². The van der Waals surface area contributed by atoms with Gasteiger partial charge in [-0.2, -0.15) is 13.2 Å². The number of carbonyl (C=O) groups is 2. The molecule has 0 atom stereocenters. The second kappa shape index (κ2) is 11.1. The van der Waals surface area contributed by atoms with Crippen LogP contribution in [0.5, 0.6) is 0 Å². The van der Waals surface area contributed by atoms with Gasteiger partial charge < -0.3 is 10.4 Å². The summed E-state index contributed by atoms with van der Waals surface area (Å²) in [4.78, 5) is 21.5. The van der Waals surface area contributed by atoms with Crippen LogP contribution in [0.25, 0.3) is 0 Å². The van der Waals surface area contributed by atoms with Crippen LogP contribution in [0.3, 0.4) is 0 Å². The van der Waals surface area contributed by atoms with Crippen molar-refractivity contribution >= 4 is 54.9 Å². The fraction of sp³-hybridized carbons (Fsp3) is 0.429. The number of aliphatic carboxylic acids is 1. The van der Waals surface area contributed by atoms with Gasteiger partial charge in [0.15, 0.2) is 0 Å². The molecular weight excluding hydrogens is 561 g/mol. The van der Waals surface area contributed by atoms with Crippen LogP contribution in [-0.4, -0.2) is 38.1 Å². The van der Waals surface area contributed by atoms with Crippen LogP contribution in [0.1, 0.15) is 38.7 Å². The molecule has 1 saturated carbocycles. The summed E-state index contributed by atoms with van der Waals surface area (Å²) in [7, 11) is -3.60. The molecule has 0 spiro atoms. The number of benzene rings is 1. The van der Waals surface area contributed by atoms with E-state index in [1.807, 2.05) is 12.1 Å². The minimum Gasteiger partial charge on any atom is -0.475 e. The van der Waals surface area contributed by atoms with E-state index in [0.717, 1.165) is 39.9 Å². The number of carbonyl (C=O) groups excluding carboxylic acids is 1. The van der Waals surface area contributed by atoms with Crippen LogP contribution >= 0.6 is 27.3 Å². The molecule has 1 fully saturated rings. The number of alkyl halides is 3. The zero-order chi connectivity index (χ0) is 25.7. The van der Waals surface area contributed by atoms with Crippen molar-refractivity contribution in [2.75, 3.05) is 11.3 Å². The van der Waals surface area contributed by atoms with Gasteiger partial charge in [-0.25, -0.2) is 13.2 Å². The molecule has 3 N–H and O–H groups in total. The summed E-state index contributed by atoms with van der Waals surface area (Å²) in [5.74, 6) is -2.14. The SMILES string of the molecule is CC(C)CCNC(=O)C1(c2ccc(NS(=O)(=O)c3ccc(Br)s3)cc2)CC1.O=C(O)C(F)(F)F. The monoisotopic (exact) mass is 584 g/mol. The molecule has 1 aromatic carbocycles. The third kappa shape index (κ3) is 7.70. The summed E-state index contributed by atoms with van der Waals surface area (Å²) in [6, 6.07) is 10.4. The first kappa shape index (κ1) is 28.1. The van der Waals surface area contributed by atoms with E-state index >= 15 is 0 Å². The molecule has 34 heavy (non-hydrogen) atoms. The largest absolute Gasteiger partial charge is 0.490 e.